The SMILES string of the molecule is CC(C)(C)OC(=O)N1CCC(Nc2cccc(Br)c2)CC1. The summed E-state index contributed by atoms with van der Waals surface area (Å²) in [6.07, 6.45) is 1.67. The lowest BCUT2D eigenvalue weighted by atomic mass is 10.0. The molecule has 1 saturated heterocycles. The van der Waals surface area contributed by atoms with Crippen molar-refractivity contribution in [3.63, 3.8) is 0 Å². The minimum atomic E-state index is -0.428. The minimum Gasteiger partial charge on any atom is -0.444 e. The van der Waals surface area contributed by atoms with Gasteiger partial charge >= 0.3 is 6.09 Å². The van der Waals surface area contributed by atoms with Crippen LogP contribution >= 0.6 is 15.9 Å². The number of likely N-dealkylation sites (tertiary alicyclic amines) is 1. The van der Waals surface area contributed by atoms with Gasteiger partial charge in [0.05, 0.1) is 0 Å². The second kappa shape index (κ2) is 6.69. The first-order valence-electron chi connectivity index (χ1n) is 7.33. The lowest BCUT2D eigenvalue weighted by Crippen LogP contribution is -2.44. The maximum Gasteiger partial charge on any atom is 0.410 e. The third kappa shape index (κ3) is 5.23. The van der Waals surface area contributed by atoms with E-state index < -0.39 is 5.60 Å². The van der Waals surface area contributed by atoms with Crippen LogP contribution in [0.15, 0.2) is 28.7 Å². The number of hydrogen-bond donors (Lipinski definition) is 1. The van der Waals surface area contributed by atoms with Gasteiger partial charge in [-0.15, -0.1) is 0 Å². The number of carbonyl (C=O) groups excluding carboxylic acids is 1. The predicted molar refractivity (Wildman–Crippen MR) is 88.6 cm³/mol. The van der Waals surface area contributed by atoms with Crippen molar-refractivity contribution in [2.24, 2.45) is 0 Å². The summed E-state index contributed by atoms with van der Waals surface area (Å²) < 4.78 is 6.48. The number of anilines is 1. The van der Waals surface area contributed by atoms with Crippen molar-refractivity contribution in [1.29, 1.82) is 0 Å². The first kappa shape index (κ1) is 16.1. The van der Waals surface area contributed by atoms with Crippen molar-refractivity contribution in [3.05, 3.63) is 28.7 Å². The standard InChI is InChI=1S/C16H23BrN2O2/c1-16(2,3)21-15(20)19-9-7-13(8-10-19)18-14-6-4-5-12(17)11-14/h4-6,11,13,18H,7-10H2,1-3H3. The molecule has 1 aromatic rings. The molecule has 1 aromatic carbocycles. The summed E-state index contributed by atoms with van der Waals surface area (Å²) >= 11 is 3.47. The molecular weight excluding hydrogens is 332 g/mol. The summed E-state index contributed by atoms with van der Waals surface area (Å²) in [4.78, 5) is 13.8. The van der Waals surface area contributed by atoms with Crippen LogP contribution in [0.2, 0.25) is 0 Å². The average Bonchev–Trinajstić information content (AvgIpc) is 2.37. The lowest BCUT2D eigenvalue weighted by Gasteiger charge is -2.34. The molecule has 0 aromatic heterocycles. The van der Waals surface area contributed by atoms with Crippen molar-refractivity contribution in [2.75, 3.05) is 18.4 Å². The number of hydrogen-bond acceptors (Lipinski definition) is 3. The molecule has 0 unspecified atom stereocenters. The average molecular weight is 355 g/mol. The summed E-state index contributed by atoms with van der Waals surface area (Å²) in [5, 5.41) is 3.52. The highest BCUT2D eigenvalue weighted by molar-refractivity contribution is 9.10. The summed E-state index contributed by atoms with van der Waals surface area (Å²) in [6.45, 7) is 7.16. The summed E-state index contributed by atoms with van der Waals surface area (Å²) in [5.41, 5.74) is 0.683. The van der Waals surface area contributed by atoms with Gasteiger partial charge in [-0.1, -0.05) is 22.0 Å². The summed E-state index contributed by atoms with van der Waals surface area (Å²) in [5.74, 6) is 0. The van der Waals surface area contributed by atoms with Gasteiger partial charge in [-0.05, 0) is 51.8 Å². The fourth-order valence-corrected chi connectivity index (χ4v) is 2.75. The van der Waals surface area contributed by atoms with Gasteiger partial charge in [-0.3, -0.25) is 0 Å². The molecule has 0 radical (unpaired) electrons. The second-order valence-corrected chi connectivity index (χ2v) is 7.31. The highest BCUT2D eigenvalue weighted by atomic mass is 79.9. The Kier molecular flexibility index (Phi) is 5.14. The normalized spacial score (nSPS) is 16.7. The molecule has 0 saturated carbocycles. The lowest BCUT2D eigenvalue weighted by molar-refractivity contribution is 0.0210. The summed E-state index contributed by atoms with van der Waals surface area (Å²) in [7, 11) is 0. The number of nitrogens with one attached hydrogen (secondary N) is 1. The fraction of sp³-hybridized carbons (Fsp3) is 0.562. The number of rotatable bonds is 2. The van der Waals surface area contributed by atoms with Gasteiger partial charge in [0, 0.05) is 29.3 Å². The van der Waals surface area contributed by atoms with Crippen LogP contribution in [0.1, 0.15) is 33.6 Å². The minimum absolute atomic E-state index is 0.205. The van der Waals surface area contributed by atoms with Gasteiger partial charge in [0.25, 0.3) is 0 Å². The van der Waals surface area contributed by atoms with Gasteiger partial charge in [0.1, 0.15) is 5.60 Å². The quantitative estimate of drug-likeness (QED) is 0.862. The highest BCUT2D eigenvalue weighted by Crippen LogP contribution is 2.21. The topological polar surface area (TPSA) is 41.6 Å². The van der Waals surface area contributed by atoms with E-state index in [1.165, 1.54) is 0 Å². The Morgan fingerprint density at radius 1 is 1.33 bits per heavy atom. The van der Waals surface area contributed by atoms with E-state index in [9.17, 15) is 4.79 Å². The zero-order valence-corrected chi connectivity index (χ0v) is 14.4. The van der Waals surface area contributed by atoms with E-state index >= 15 is 0 Å². The van der Waals surface area contributed by atoms with Crippen LogP contribution in [0.3, 0.4) is 0 Å². The molecule has 1 N–H and O–H groups in total. The Morgan fingerprint density at radius 2 is 2.00 bits per heavy atom. The maximum absolute atomic E-state index is 12.0. The molecule has 1 heterocycles. The first-order chi connectivity index (χ1) is 9.83. The van der Waals surface area contributed by atoms with E-state index in [1.807, 2.05) is 32.9 Å². The number of piperidine rings is 1. The Balaban J connectivity index is 1.82. The van der Waals surface area contributed by atoms with E-state index in [1.54, 1.807) is 4.90 Å². The molecule has 116 valence electrons. The number of amides is 1. The zero-order valence-electron chi connectivity index (χ0n) is 12.9. The molecule has 1 amide bonds. The van der Waals surface area contributed by atoms with Crippen molar-refractivity contribution < 1.29 is 9.53 Å². The number of nitrogens with zero attached hydrogens (tertiary/aromatic N) is 1. The second-order valence-electron chi connectivity index (χ2n) is 6.40. The van der Waals surface area contributed by atoms with Gasteiger partial charge in [-0.2, -0.15) is 0 Å². The molecule has 1 fully saturated rings. The third-order valence-corrected chi connectivity index (χ3v) is 3.84. The van der Waals surface area contributed by atoms with Crippen LogP contribution in [0.25, 0.3) is 0 Å². The van der Waals surface area contributed by atoms with E-state index in [0.717, 1.165) is 36.1 Å². The third-order valence-electron chi connectivity index (χ3n) is 3.34. The molecule has 21 heavy (non-hydrogen) atoms. The molecule has 0 spiro atoms. The molecule has 0 atom stereocenters. The van der Waals surface area contributed by atoms with Crippen LogP contribution in [-0.2, 0) is 4.74 Å². The van der Waals surface area contributed by atoms with Gasteiger partial charge in [-0.25, -0.2) is 4.79 Å². The largest absolute Gasteiger partial charge is 0.444 e. The van der Waals surface area contributed by atoms with E-state index in [2.05, 4.69) is 33.4 Å². The summed E-state index contributed by atoms with van der Waals surface area (Å²) in [6, 6.07) is 8.56. The molecule has 2 rings (SSSR count). The smallest absolute Gasteiger partial charge is 0.410 e. The van der Waals surface area contributed by atoms with Crippen LogP contribution in [0.4, 0.5) is 10.5 Å². The van der Waals surface area contributed by atoms with Crippen LogP contribution < -0.4 is 5.32 Å². The Bertz CT molecular complexity index is 491. The monoisotopic (exact) mass is 354 g/mol. The van der Waals surface area contributed by atoms with E-state index in [0.29, 0.717) is 6.04 Å². The number of ether oxygens (including phenoxy) is 1. The zero-order chi connectivity index (χ0) is 15.5. The maximum atomic E-state index is 12.0. The predicted octanol–water partition coefficient (Wildman–Crippen LogP) is 4.26. The van der Waals surface area contributed by atoms with E-state index in [4.69, 9.17) is 4.74 Å². The molecule has 5 heteroatoms. The Labute approximate surface area is 135 Å². The number of benzene rings is 1. The van der Waals surface area contributed by atoms with Gasteiger partial charge in [0.15, 0.2) is 0 Å². The molecule has 0 aliphatic carbocycles. The Hall–Kier alpha value is -1.23. The van der Waals surface area contributed by atoms with Crippen LogP contribution in [0.5, 0.6) is 0 Å². The molecular formula is C16H23BrN2O2. The molecule has 1 aliphatic rings. The molecule has 4 nitrogen and oxygen atoms in total. The van der Waals surface area contributed by atoms with Crippen molar-refractivity contribution in [2.45, 2.75) is 45.3 Å². The highest BCUT2D eigenvalue weighted by Gasteiger charge is 2.26. The molecule has 1 aliphatic heterocycles. The van der Waals surface area contributed by atoms with Crippen molar-refractivity contribution in [3.8, 4) is 0 Å². The van der Waals surface area contributed by atoms with Crippen LogP contribution in [0, 0.1) is 0 Å². The van der Waals surface area contributed by atoms with Gasteiger partial charge in [0.2, 0.25) is 0 Å². The van der Waals surface area contributed by atoms with Gasteiger partial charge < -0.3 is 15.0 Å². The van der Waals surface area contributed by atoms with E-state index in [-0.39, 0.29) is 6.09 Å². The Morgan fingerprint density at radius 3 is 2.57 bits per heavy atom. The first-order valence-corrected chi connectivity index (χ1v) is 8.13. The number of carbonyl (C=O) groups is 1. The van der Waals surface area contributed by atoms with Crippen molar-refractivity contribution in [1.82, 2.24) is 4.90 Å². The van der Waals surface area contributed by atoms with Crippen molar-refractivity contribution >= 4 is 27.7 Å². The molecule has 0 bridgehead atoms. The van der Waals surface area contributed by atoms with Crippen LogP contribution in [-0.4, -0.2) is 35.7 Å². The number of halogens is 1. The fourth-order valence-electron chi connectivity index (χ4n) is 2.35.